The molecule has 3 heterocycles. The van der Waals surface area contributed by atoms with Crippen molar-refractivity contribution in [3.8, 4) is 0 Å². The minimum Gasteiger partial charge on any atom is -0.459 e. The number of anilines is 1. The Balaban J connectivity index is 1.63. The van der Waals surface area contributed by atoms with E-state index in [9.17, 15) is 5.11 Å². The van der Waals surface area contributed by atoms with Crippen LogP contribution in [0.2, 0.25) is 0 Å². The largest absolute Gasteiger partial charge is 0.459 e. The molecule has 1 aromatic carbocycles. The van der Waals surface area contributed by atoms with Crippen LogP contribution >= 0.6 is 0 Å². The first-order chi connectivity index (χ1) is 12.7. The molecule has 4 aromatic rings. The monoisotopic (exact) mass is 353 g/mol. The van der Waals surface area contributed by atoms with E-state index in [1.54, 1.807) is 10.9 Å². The summed E-state index contributed by atoms with van der Waals surface area (Å²) < 4.78 is 7.58. The molecule has 1 atom stereocenters. The topological polar surface area (TPSA) is 100 Å². The first-order valence-corrected chi connectivity index (χ1v) is 8.29. The molecule has 0 fully saturated rings. The second kappa shape index (κ2) is 6.74. The highest BCUT2D eigenvalue weighted by Crippen LogP contribution is 2.24. The second-order valence-electron chi connectivity index (χ2n) is 6.21. The summed E-state index contributed by atoms with van der Waals surface area (Å²) in [5.41, 5.74) is 2.10. The van der Waals surface area contributed by atoms with Crippen LogP contribution < -0.4 is 4.90 Å². The zero-order valence-electron chi connectivity index (χ0n) is 14.3. The molecule has 1 unspecified atom stereocenters. The molecular weight excluding hydrogens is 334 g/mol. The Bertz CT molecular complexity index is 1010. The highest BCUT2D eigenvalue weighted by molar-refractivity contribution is 5.83. The molecule has 0 saturated carbocycles. The van der Waals surface area contributed by atoms with Crippen molar-refractivity contribution in [2.24, 2.45) is 0 Å². The van der Waals surface area contributed by atoms with Gasteiger partial charge in [0.25, 0.3) is 0 Å². The van der Waals surface area contributed by atoms with Gasteiger partial charge < -0.3 is 24.1 Å². The Labute approximate surface area is 149 Å². The maximum Gasteiger partial charge on any atom is 0.165 e. The van der Waals surface area contributed by atoms with Crippen LogP contribution in [0.4, 0.5) is 5.82 Å². The lowest BCUT2D eigenvalue weighted by Gasteiger charge is -2.16. The normalized spacial score (nSPS) is 12.7. The van der Waals surface area contributed by atoms with Gasteiger partial charge in [0.15, 0.2) is 17.0 Å². The SMILES string of the molecule is CN(Cc1cc2ccccc2o1)c1ncnc2c1ncn2CC(O)CO. The van der Waals surface area contributed by atoms with Gasteiger partial charge in [0.1, 0.15) is 17.7 Å². The van der Waals surface area contributed by atoms with E-state index in [0.717, 1.165) is 16.7 Å². The van der Waals surface area contributed by atoms with Crippen molar-refractivity contribution in [2.45, 2.75) is 19.2 Å². The predicted molar refractivity (Wildman–Crippen MR) is 96.7 cm³/mol. The average molecular weight is 353 g/mol. The van der Waals surface area contributed by atoms with E-state index in [0.29, 0.717) is 23.5 Å². The number of aromatic nitrogens is 4. The predicted octanol–water partition coefficient (Wildman–Crippen LogP) is 1.56. The quantitative estimate of drug-likeness (QED) is 0.542. The van der Waals surface area contributed by atoms with E-state index in [4.69, 9.17) is 9.52 Å². The standard InChI is InChI=1S/C18H19N5O3/c1-22(8-14-6-12-4-2-3-5-15(12)26-14)17-16-18(20-10-19-17)23(11-21-16)7-13(25)9-24/h2-6,10-11,13,24-25H,7-9H2,1H3. The lowest BCUT2D eigenvalue weighted by Crippen LogP contribution is -2.20. The van der Waals surface area contributed by atoms with E-state index >= 15 is 0 Å². The maximum absolute atomic E-state index is 9.67. The molecule has 8 nitrogen and oxygen atoms in total. The zero-order valence-corrected chi connectivity index (χ0v) is 14.3. The second-order valence-corrected chi connectivity index (χ2v) is 6.21. The van der Waals surface area contributed by atoms with E-state index < -0.39 is 6.10 Å². The third-order valence-corrected chi connectivity index (χ3v) is 4.23. The van der Waals surface area contributed by atoms with Crippen molar-refractivity contribution >= 4 is 28.0 Å². The first kappa shape index (κ1) is 16.5. The molecule has 8 heteroatoms. The van der Waals surface area contributed by atoms with Gasteiger partial charge in [-0.3, -0.25) is 0 Å². The van der Waals surface area contributed by atoms with Crippen molar-refractivity contribution in [3.63, 3.8) is 0 Å². The number of para-hydroxylation sites is 1. The van der Waals surface area contributed by atoms with Crippen LogP contribution in [0.5, 0.6) is 0 Å². The Morgan fingerprint density at radius 3 is 2.88 bits per heavy atom. The summed E-state index contributed by atoms with van der Waals surface area (Å²) in [6.45, 7) is 0.438. The van der Waals surface area contributed by atoms with Gasteiger partial charge in [0.2, 0.25) is 0 Å². The number of fused-ring (bicyclic) bond motifs is 2. The summed E-state index contributed by atoms with van der Waals surface area (Å²) in [5.74, 6) is 1.50. The lowest BCUT2D eigenvalue weighted by atomic mass is 10.2. The van der Waals surface area contributed by atoms with Crippen molar-refractivity contribution in [1.29, 1.82) is 0 Å². The van der Waals surface area contributed by atoms with Gasteiger partial charge in [-0.1, -0.05) is 18.2 Å². The fourth-order valence-electron chi connectivity index (χ4n) is 2.99. The third kappa shape index (κ3) is 3.00. The zero-order chi connectivity index (χ0) is 18.1. The number of hydrogen-bond acceptors (Lipinski definition) is 7. The highest BCUT2D eigenvalue weighted by atomic mass is 16.3. The van der Waals surface area contributed by atoms with Gasteiger partial charge in [-0.05, 0) is 12.1 Å². The number of benzene rings is 1. The van der Waals surface area contributed by atoms with Gasteiger partial charge in [0.05, 0.1) is 32.1 Å². The van der Waals surface area contributed by atoms with Gasteiger partial charge in [-0.15, -0.1) is 0 Å². The van der Waals surface area contributed by atoms with Crippen molar-refractivity contribution in [1.82, 2.24) is 19.5 Å². The molecule has 0 aliphatic rings. The van der Waals surface area contributed by atoms with Crippen LogP contribution in [-0.2, 0) is 13.1 Å². The van der Waals surface area contributed by atoms with Crippen molar-refractivity contribution < 1.29 is 14.6 Å². The molecule has 0 spiro atoms. The smallest absolute Gasteiger partial charge is 0.165 e. The van der Waals surface area contributed by atoms with E-state index in [1.165, 1.54) is 6.33 Å². The van der Waals surface area contributed by atoms with Gasteiger partial charge in [-0.25, -0.2) is 15.0 Å². The van der Waals surface area contributed by atoms with E-state index in [2.05, 4.69) is 15.0 Å². The molecule has 0 aliphatic heterocycles. The molecule has 0 radical (unpaired) electrons. The third-order valence-electron chi connectivity index (χ3n) is 4.23. The van der Waals surface area contributed by atoms with Crippen molar-refractivity contribution in [2.75, 3.05) is 18.6 Å². The summed E-state index contributed by atoms with van der Waals surface area (Å²) in [7, 11) is 1.91. The highest BCUT2D eigenvalue weighted by Gasteiger charge is 2.16. The molecule has 0 aliphatic carbocycles. The first-order valence-electron chi connectivity index (χ1n) is 8.29. The summed E-state index contributed by atoms with van der Waals surface area (Å²) in [4.78, 5) is 14.9. The molecule has 0 amide bonds. The minimum atomic E-state index is -0.862. The van der Waals surface area contributed by atoms with E-state index in [-0.39, 0.29) is 13.2 Å². The van der Waals surface area contributed by atoms with Gasteiger partial charge >= 0.3 is 0 Å². The summed E-state index contributed by atoms with van der Waals surface area (Å²) >= 11 is 0. The van der Waals surface area contributed by atoms with Crippen LogP contribution in [0.15, 0.2) is 47.4 Å². The molecule has 2 N–H and O–H groups in total. The maximum atomic E-state index is 9.67. The molecule has 0 saturated heterocycles. The molecule has 3 aromatic heterocycles. The lowest BCUT2D eigenvalue weighted by molar-refractivity contribution is 0.0820. The van der Waals surface area contributed by atoms with Crippen LogP contribution in [-0.4, -0.2) is 49.5 Å². The minimum absolute atomic E-state index is 0.219. The number of rotatable bonds is 6. The van der Waals surface area contributed by atoms with Crippen LogP contribution in [0, 0.1) is 0 Å². The number of aliphatic hydroxyl groups excluding tert-OH is 2. The fourth-order valence-corrected chi connectivity index (χ4v) is 2.99. The summed E-state index contributed by atoms with van der Waals surface area (Å²) in [6.07, 6.45) is 2.20. The molecule has 0 bridgehead atoms. The van der Waals surface area contributed by atoms with Gasteiger partial charge in [0, 0.05) is 12.4 Å². The average Bonchev–Trinajstić information content (AvgIpc) is 3.24. The summed E-state index contributed by atoms with van der Waals surface area (Å²) in [6, 6.07) is 9.89. The van der Waals surface area contributed by atoms with Gasteiger partial charge in [-0.2, -0.15) is 0 Å². The fraction of sp³-hybridized carbons (Fsp3) is 0.278. The molecule has 4 rings (SSSR count). The molecular formula is C18H19N5O3. The Kier molecular flexibility index (Phi) is 4.27. The van der Waals surface area contributed by atoms with Crippen LogP contribution in [0.3, 0.4) is 0 Å². The number of nitrogens with zero attached hydrogens (tertiary/aromatic N) is 5. The number of hydrogen-bond donors (Lipinski definition) is 2. The number of furan rings is 1. The van der Waals surface area contributed by atoms with Crippen molar-refractivity contribution in [3.05, 3.63) is 48.7 Å². The summed E-state index contributed by atoms with van der Waals surface area (Å²) in [5, 5.41) is 19.8. The Hall–Kier alpha value is -2.97. The van der Waals surface area contributed by atoms with E-state index in [1.807, 2.05) is 42.3 Å². The molecule has 134 valence electrons. The number of aliphatic hydroxyl groups is 2. The Morgan fingerprint density at radius 1 is 1.23 bits per heavy atom. The number of imidazole rings is 1. The van der Waals surface area contributed by atoms with Crippen LogP contribution in [0.25, 0.3) is 22.1 Å². The van der Waals surface area contributed by atoms with Crippen LogP contribution in [0.1, 0.15) is 5.76 Å². The molecule has 26 heavy (non-hydrogen) atoms. The Morgan fingerprint density at radius 2 is 2.08 bits per heavy atom.